The van der Waals surface area contributed by atoms with Crippen molar-refractivity contribution in [3.63, 3.8) is 0 Å². The Morgan fingerprint density at radius 2 is 2.23 bits per heavy atom. The van der Waals surface area contributed by atoms with Gasteiger partial charge in [0.05, 0.1) is 24.8 Å². The van der Waals surface area contributed by atoms with Gasteiger partial charge in [-0.1, -0.05) is 19.1 Å². The summed E-state index contributed by atoms with van der Waals surface area (Å²) < 4.78 is 11.6. The Kier molecular flexibility index (Phi) is 8.96. The first-order chi connectivity index (χ1) is 14.7. The highest BCUT2D eigenvalue weighted by molar-refractivity contribution is 7.11. The van der Waals surface area contributed by atoms with Crippen LogP contribution >= 0.6 is 11.3 Å². The Hall–Kier alpha value is -2.12. The molecule has 0 spiro atoms. The number of aromatic nitrogens is 1. The van der Waals surface area contributed by atoms with E-state index in [4.69, 9.17) is 14.5 Å². The standard InChI is InChI=1S/C23H34N4O2S/c1-4-20-14-26-22(30-20)8-10-25-23(24-5-2)27-13-19-7-6-17(3)12-21(19)29-16-18-9-11-28-15-18/h6-7,12,14,18H,4-5,8-11,13,15-16H2,1-3H3,(H2,24,25,27). The number of nitrogens with one attached hydrogen (secondary N) is 2. The van der Waals surface area contributed by atoms with Crippen LogP contribution in [0.4, 0.5) is 0 Å². The molecule has 2 N–H and O–H groups in total. The number of hydrogen-bond acceptors (Lipinski definition) is 5. The summed E-state index contributed by atoms with van der Waals surface area (Å²) in [6, 6.07) is 6.34. The maximum atomic E-state index is 6.15. The molecule has 0 amide bonds. The first-order valence-corrected chi connectivity index (χ1v) is 11.7. The molecule has 0 radical (unpaired) electrons. The van der Waals surface area contributed by atoms with Crippen molar-refractivity contribution in [2.75, 3.05) is 32.9 Å². The smallest absolute Gasteiger partial charge is 0.191 e. The van der Waals surface area contributed by atoms with E-state index in [9.17, 15) is 0 Å². The molecule has 30 heavy (non-hydrogen) atoms. The van der Waals surface area contributed by atoms with Crippen LogP contribution < -0.4 is 15.4 Å². The molecule has 6 nitrogen and oxygen atoms in total. The number of guanidine groups is 1. The van der Waals surface area contributed by atoms with Gasteiger partial charge in [-0.2, -0.15) is 0 Å². The van der Waals surface area contributed by atoms with Crippen LogP contribution in [-0.4, -0.2) is 43.9 Å². The van der Waals surface area contributed by atoms with Crippen molar-refractivity contribution >= 4 is 17.3 Å². The summed E-state index contributed by atoms with van der Waals surface area (Å²) in [4.78, 5) is 10.6. The molecule has 2 heterocycles. The molecule has 2 aromatic rings. The molecular formula is C23H34N4O2S. The summed E-state index contributed by atoms with van der Waals surface area (Å²) in [6.45, 7) is 10.9. The van der Waals surface area contributed by atoms with Crippen LogP contribution in [0, 0.1) is 12.8 Å². The molecule has 1 unspecified atom stereocenters. The Labute approximate surface area is 184 Å². The number of aryl methyl sites for hydroxylation is 2. The maximum Gasteiger partial charge on any atom is 0.191 e. The lowest BCUT2D eigenvalue weighted by Crippen LogP contribution is -2.38. The first-order valence-electron chi connectivity index (χ1n) is 10.9. The Morgan fingerprint density at radius 1 is 1.33 bits per heavy atom. The number of rotatable bonds is 10. The van der Waals surface area contributed by atoms with Crippen LogP contribution in [0.2, 0.25) is 0 Å². The van der Waals surface area contributed by atoms with E-state index in [1.807, 2.05) is 6.20 Å². The molecule has 1 atom stereocenters. The van der Waals surface area contributed by atoms with Gasteiger partial charge in [0, 0.05) is 48.7 Å². The van der Waals surface area contributed by atoms with Gasteiger partial charge in [-0.3, -0.25) is 0 Å². The third-order valence-electron chi connectivity index (χ3n) is 5.05. The number of benzene rings is 1. The molecule has 1 aliphatic rings. The Morgan fingerprint density at radius 3 is 2.97 bits per heavy atom. The lowest BCUT2D eigenvalue weighted by Gasteiger charge is -2.15. The van der Waals surface area contributed by atoms with Gasteiger partial charge < -0.3 is 20.1 Å². The van der Waals surface area contributed by atoms with Crippen molar-refractivity contribution in [1.82, 2.24) is 15.6 Å². The summed E-state index contributed by atoms with van der Waals surface area (Å²) in [5.41, 5.74) is 2.30. The molecule has 0 bridgehead atoms. The fourth-order valence-corrected chi connectivity index (χ4v) is 4.13. The molecule has 1 aliphatic heterocycles. The fraction of sp³-hybridized carbons (Fsp3) is 0.565. The Bertz CT molecular complexity index is 815. The second-order valence-electron chi connectivity index (χ2n) is 7.60. The van der Waals surface area contributed by atoms with Crippen molar-refractivity contribution in [2.45, 2.75) is 46.6 Å². The molecule has 1 aromatic carbocycles. The highest BCUT2D eigenvalue weighted by atomic mass is 32.1. The monoisotopic (exact) mass is 430 g/mol. The number of aliphatic imine (C=N–C) groups is 1. The van der Waals surface area contributed by atoms with Gasteiger partial charge >= 0.3 is 0 Å². The zero-order chi connectivity index (χ0) is 21.2. The van der Waals surface area contributed by atoms with E-state index in [0.29, 0.717) is 19.1 Å². The lowest BCUT2D eigenvalue weighted by molar-refractivity contribution is 0.166. The van der Waals surface area contributed by atoms with Crippen molar-refractivity contribution in [1.29, 1.82) is 0 Å². The van der Waals surface area contributed by atoms with Crippen molar-refractivity contribution in [2.24, 2.45) is 10.9 Å². The van der Waals surface area contributed by atoms with Crippen LogP contribution in [0.25, 0.3) is 0 Å². The second-order valence-corrected chi connectivity index (χ2v) is 8.80. The molecule has 7 heteroatoms. The van der Waals surface area contributed by atoms with Gasteiger partial charge in [-0.05, 0) is 38.3 Å². The summed E-state index contributed by atoms with van der Waals surface area (Å²) in [7, 11) is 0. The van der Waals surface area contributed by atoms with Crippen molar-refractivity contribution in [3.8, 4) is 5.75 Å². The highest BCUT2D eigenvalue weighted by Crippen LogP contribution is 2.23. The van der Waals surface area contributed by atoms with Gasteiger partial charge in [0.25, 0.3) is 0 Å². The predicted molar refractivity (Wildman–Crippen MR) is 124 cm³/mol. The van der Waals surface area contributed by atoms with E-state index >= 15 is 0 Å². The van der Waals surface area contributed by atoms with Crippen LogP contribution in [0.5, 0.6) is 5.75 Å². The van der Waals surface area contributed by atoms with E-state index in [1.165, 1.54) is 15.4 Å². The molecule has 1 aromatic heterocycles. The fourth-order valence-electron chi connectivity index (χ4n) is 3.27. The van der Waals surface area contributed by atoms with E-state index in [1.54, 1.807) is 11.3 Å². The van der Waals surface area contributed by atoms with E-state index in [2.05, 4.69) is 54.6 Å². The minimum Gasteiger partial charge on any atom is -0.493 e. The molecule has 164 valence electrons. The normalized spacial score (nSPS) is 16.6. The van der Waals surface area contributed by atoms with Gasteiger partial charge in [0.1, 0.15) is 5.75 Å². The molecule has 0 aliphatic carbocycles. The summed E-state index contributed by atoms with van der Waals surface area (Å²) in [5.74, 6) is 2.23. The molecule has 1 saturated heterocycles. The molecular weight excluding hydrogens is 396 g/mol. The van der Waals surface area contributed by atoms with E-state index in [-0.39, 0.29) is 0 Å². The molecule has 3 rings (SSSR count). The summed E-state index contributed by atoms with van der Waals surface area (Å²) >= 11 is 1.79. The van der Waals surface area contributed by atoms with Gasteiger partial charge in [-0.15, -0.1) is 11.3 Å². The third kappa shape index (κ3) is 6.99. The summed E-state index contributed by atoms with van der Waals surface area (Å²) in [5, 5.41) is 7.92. The largest absolute Gasteiger partial charge is 0.493 e. The van der Waals surface area contributed by atoms with Crippen LogP contribution in [0.15, 0.2) is 29.4 Å². The van der Waals surface area contributed by atoms with Crippen LogP contribution in [-0.2, 0) is 24.1 Å². The number of thiazole rings is 1. The zero-order valence-electron chi connectivity index (χ0n) is 18.4. The van der Waals surface area contributed by atoms with Gasteiger partial charge in [0.2, 0.25) is 0 Å². The zero-order valence-corrected chi connectivity index (χ0v) is 19.2. The average molecular weight is 431 g/mol. The predicted octanol–water partition coefficient (Wildman–Crippen LogP) is 3.73. The topological polar surface area (TPSA) is 67.8 Å². The van der Waals surface area contributed by atoms with Crippen molar-refractivity contribution < 1.29 is 9.47 Å². The van der Waals surface area contributed by atoms with Gasteiger partial charge in [-0.25, -0.2) is 9.98 Å². The number of nitrogens with zero attached hydrogens (tertiary/aromatic N) is 2. The van der Waals surface area contributed by atoms with E-state index in [0.717, 1.165) is 62.8 Å². The highest BCUT2D eigenvalue weighted by Gasteiger charge is 2.17. The average Bonchev–Trinajstić information content (AvgIpc) is 3.43. The summed E-state index contributed by atoms with van der Waals surface area (Å²) in [6.07, 6.45) is 5.00. The minimum atomic E-state index is 0.486. The van der Waals surface area contributed by atoms with E-state index < -0.39 is 0 Å². The molecule has 1 fully saturated rings. The lowest BCUT2D eigenvalue weighted by atomic mass is 10.1. The number of ether oxygens (including phenoxy) is 2. The first kappa shape index (κ1) is 22.6. The quantitative estimate of drug-likeness (QED) is 0.444. The maximum absolute atomic E-state index is 6.15. The van der Waals surface area contributed by atoms with Gasteiger partial charge in [0.15, 0.2) is 5.96 Å². The second kappa shape index (κ2) is 11.9. The van der Waals surface area contributed by atoms with Crippen LogP contribution in [0.1, 0.15) is 41.3 Å². The third-order valence-corrected chi connectivity index (χ3v) is 6.26. The Balaban J connectivity index is 1.57. The number of hydrogen-bond donors (Lipinski definition) is 2. The van der Waals surface area contributed by atoms with Crippen LogP contribution in [0.3, 0.4) is 0 Å². The molecule has 0 saturated carbocycles. The minimum absolute atomic E-state index is 0.486. The SMILES string of the molecule is CCNC(=NCc1ccc(C)cc1OCC1CCOC1)NCCc1ncc(CC)s1. The van der Waals surface area contributed by atoms with Crippen molar-refractivity contribution in [3.05, 3.63) is 45.4 Å².